The number of hydrogen-bond donors (Lipinski definition) is 1. The minimum Gasteiger partial charge on any atom is -0.481 e. The molecule has 0 radical (unpaired) electrons. The summed E-state index contributed by atoms with van der Waals surface area (Å²) >= 11 is 0. The van der Waals surface area contributed by atoms with Gasteiger partial charge in [-0.05, 0) is 26.3 Å². The zero-order valence-corrected chi connectivity index (χ0v) is 7.82. The van der Waals surface area contributed by atoms with Crippen LogP contribution in [0.1, 0.15) is 26.2 Å². The van der Waals surface area contributed by atoms with E-state index in [1.807, 2.05) is 0 Å². The number of ketones is 1. The third-order valence-electron chi connectivity index (χ3n) is 2.21. The van der Waals surface area contributed by atoms with Gasteiger partial charge in [0, 0.05) is 12.6 Å². The molecule has 0 aromatic rings. The predicted octanol–water partition coefficient (Wildman–Crippen LogP) is 0.514. The molecule has 0 amide bonds. The summed E-state index contributed by atoms with van der Waals surface area (Å²) in [5, 5.41) is 7.86. The summed E-state index contributed by atoms with van der Waals surface area (Å²) in [6.45, 7) is 4.05. The maximum Gasteiger partial charge on any atom is 0.310 e. The standard InChI is InChI=1S/C5H9N.C4H6O3/c1-2-5-4-6(5)3-1;1-3(5)2-4(6)7/h5H,1-4H2;2H2,1H3,(H,6,7). The van der Waals surface area contributed by atoms with Crippen molar-refractivity contribution in [1.29, 1.82) is 0 Å². The first-order valence-corrected chi connectivity index (χ1v) is 4.55. The van der Waals surface area contributed by atoms with Crippen molar-refractivity contribution in [1.82, 2.24) is 4.90 Å². The minimum absolute atomic E-state index is 0.312. The zero-order valence-electron chi connectivity index (χ0n) is 7.82. The number of Topliss-reactive ketones (excluding diaryl/α,β-unsaturated/α-hetero) is 1. The van der Waals surface area contributed by atoms with Crippen molar-refractivity contribution in [2.24, 2.45) is 0 Å². The first-order chi connectivity index (χ1) is 6.09. The molecule has 0 aromatic heterocycles. The topological polar surface area (TPSA) is 57.4 Å². The number of fused-ring (bicyclic) bond motifs is 1. The van der Waals surface area contributed by atoms with Crippen molar-refractivity contribution in [3.63, 3.8) is 0 Å². The third-order valence-corrected chi connectivity index (χ3v) is 2.21. The number of hydrogen-bond acceptors (Lipinski definition) is 3. The number of nitrogens with zero attached hydrogens (tertiary/aromatic N) is 1. The van der Waals surface area contributed by atoms with E-state index in [0.29, 0.717) is 0 Å². The van der Waals surface area contributed by atoms with Crippen LogP contribution in [0, 0.1) is 0 Å². The molecule has 2 rings (SSSR count). The highest BCUT2D eigenvalue weighted by Crippen LogP contribution is 2.28. The van der Waals surface area contributed by atoms with Gasteiger partial charge in [0.05, 0.1) is 0 Å². The monoisotopic (exact) mass is 185 g/mol. The van der Waals surface area contributed by atoms with Gasteiger partial charge in [0.2, 0.25) is 0 Å². The Morgan fingerprint density at radius 2 is 2.23 bits per heavy atom. The Morgan fingerprint density at radius 1 is 1.54 bits per heavy atom. The van der Waals surface area contributed by atoms with Crippen LogP contribution in [0.2, 0.25) is 0 Å². The van der Waals surface area contributed by atoms with Crippen LogP contribution in [-0.4, -0.2) is 40.9 Å². The summed E-state index contributed by atoms with van der Waals surface area (Å²) in [6.07, 6.45) is 2.59. The molecule has 2 saturated heterocycles. The molecule has 2 unspecified atom stereocenters. The Labute approximate surface area is 77.5 Å². The van der Waals surface area contributed by atoms with Gasteiger partial charge >= 0.3 is 5.97 Å². The van der Waals surface area contributed by atoms with Gasteiger partial charge in [0.15, 0.2) is 0 Å². The Bertz CT molecular complexity index is 195. The highest BCUT2D eigenvalue weighted by Gasteiger charge is 2.37. The van der Waals surface area contributed by atoms with Crippen LogP contribution in [0.15, 0.2) is 0 Å². The summed E-state index contributed by atoms with van der Waals surface area (Å²) in [5.74, 6) is -1.37. The second kappa shape index (κ2) is 4.37. The zero-order chi connectivity index (χ0) is 9.84. The normalized spacial score (nSPS) is 28.4. The molecule has 2 fully saturated rings. The van der Waals surface area contributed by atoms with E-state index in [2.05, 4.69) is 4.90 Å². The lowest BCUT2D eigenvalue weighted by atomic mass is 10.3. The molecule has 2 aliphatic heterocycles. The Balaban J connectivity index is 0.000000130. The summed E-state index contributed by atoms with van der Waals surface area (Å²) in [4.78, 5) is 22.0. The summed E-state index contributed by atoms with van der Waals surface area (Å²) in [6, 6.07) is 1.05. The van der Waals surface area contributed by atoms with Crippen molar-refractivity contribution in [2.75, 3.05) is 13.1 Å². The Hall–Kier alpha value is -0.900. The van der Waals surface area contributed by atoms with Gasteiger partial charge in [-0.15, -0.1) is 0 Å². The van der Waals surface area contributed by atoms with Crippen LogP contribution in [0.4, 0.5) is 0 Å². The fraction of sp³-hybridized carbons (Fsp3) is 0.778. The molecule has 2 aliphatic rings. The highest BCUT2D eigenvalue weighted by atomic mass is 16.4. The molecule has 0 saturated carbocycles. The summed E-state index contributed by atoms with van der Waals surface area (Å²) < 4.78 is 0. The van der Waals surface area contributed by atoms with E-state index in [1.165, 1.54) is 32.9 Å². The maximum atomic E-state index is 9.87. The molecular formula is C9H15NO3. The smallest absolute Gasteiger partial charge is 0.310 e. The SMILES string of the molecule is C1CC2CN2C1.CC(=O)CC(=O)O. The fourth-order valence-corrected chi connectivity index (χ4v) is 1.51. The summed E-state index contributed by atoms with van der Waals surface area (Å²) in [7, 11) is 0. The van der Waals surface area contributed by atoms with Gasteiger partial charge < -0.3 is 5.11 Å². The van der Waals surface area contributed by atoms with E-state index in [0.717, 1.165) is 6.04 Å². The van der Waals surface area contributed by atoms with Gasteiger partial charge in [-0.2, -0.15) is 0 Å². The molecule has 2 heterocycles. The first kappa shape index (κ1) is 10.2. The quantitative estimate of drug-likeness (QED) is 0.503. The molecule has 1 N–H and O–H groups in total. The Kier molecular flexibility index (Phi) is 3.42. The van der Waals surface area contributed by atoms with Crippen LogP contribution in [-0.2, 0) is 9.59 Å². The second-order valence-electron chi connectivity index (χ2n) is 3.56. The van der Waals surface area contributed by atoms with E-state index < -0.39 is 5.97 Å². The van der Waals surface area contributed by atoms with Crippen LogP contribution in [0.25, 0.3) is 0 Å². The van der Waals surface area contributed by atoms with Gasteiger partial charge in [-0.25, -0.2) is 0 Å². The number of piperidine rings is 1. The number of aliphatic carboxylic acids is 1. The van der Waals surface area contributed by atoms with E-state index >= 15 is 0 Å². The molecule has 13 heavy (non-hydrogen) atoms. The molecule has 4 heteroatoms. The lowest BCUT2D eigenvalue weighted by molar-refractivity contribution is -0.139. The molecule has 74 valence electrons. The van der Waals surface area contributed by atoms with Gasteiger partial charge in [-0.3, -0.25) is 14.5 Å². The molecule has 0 aliphatic carbocycles. The second-order valence-corrected chi connectivity index (χ2v) is 3.56. The number of carbonyl (C=O) groups excluding carboxylic acids is 1. The summed E-state index contributed by atoms with van der Waals surface area (Å²) in [5.41, 5.74) is 0. The van der Waals surface area contributed by atoms with Crippen molar-refractivity contribution < 1.29 is 14.7 Å². The number of carboxylic acid groups (broad SMARTS) is 1. The third kappa shape index (κ3) is 4.03. The molecule has 0 aromatic carbocycles. The molecular weight excluding hydrogens is 170 g/mol. The van der Waals surface area contributed by atoms with Crippen LogP contribution in [0.3, 0.4) is 0 Å². The maximum absolute atomic E-state index is 9.87. The van der Waals surface area contributed by atoms with Gasteiger partial charge in [0.25, 0.3) is 0 Å². The van der Waals surface area contributed by atoms with E-state index in [9.17, 15) is 9.59 Å². The van der Waals surface area contributed by atoms with E-state index in [-0.39, 0.29) is 12.2 Å². The molecule has 0 bridgehead atoms. The predicted molar refractivity (Wildman–Crippen MR) is 47.5 cm³/mol. The van der Waals surface area contributed by atoms with Crippen molar-refractivity contribution in [3.8, 4) is 0 Å². The number of carboxylic acids is 1. The van der Waals surface area contributed by atoms with Gasteiger partial charge in [0.1, 0.15) is 12.2 Å². The van der Waals surface area contributed by atoms with Crippen LogP contribution in [0.5, 0.6) is 0 Å². The molecule has 4 nitrogen and oxygen atoms in total. The van der Waals surface area contributed by atoms with Crippen molar-refractivity contribution >= 4 is 11.8 Å². The fourth-order valence-electron chi connectivity index (χ4n) is 1.51. The highest BCUT2D eigenvalue weighted by molar-refractivity contribution is 5.93. The van der Waals surface area contributed by atoms with Crippen LogP contribution < -0.4 is 0 Å². The van der Waals surface area contributed by atoms with Crippen LogP contribution >= 0.6 is 0 Å². The average Bonchev–Trinajstić information content (AvgIpc) is 2.57. The van der Waals surface area contributed by atoms with Gasteiger partial charge in [-0.1, -0.05) is 0 Å². The van der Waals surface area contributed by atoms with E-state index in [4.69, 9.17) is 5.11 Å². The minimum atomic E-state index is -1.06. The number of carbonyl (C=O) groups is 2. The van der Waals surface area contributed by atoms with Crippen molar-refractivity contribution in [2.45, 2.75) is 32.2 Å². The molecule has 2 atom stereocenters. The van der Waals surface area contributed by atoms with Crippen molar-refractivity contribution in [3.05, 3.63) is 0 Å². The molecule has 0 spiro atoms. The largest absolute Gasteiger partial charge is 0.481 e. The van der Waals surface area contributed by atoms with E-state index in [1.54, 1.807) is 0 Å². The lowest BCUT2D eigenvalue weighted by Crippen LogP contribution is -2.00. The Morgan fingerprint density at radius 3 is 2.31 bits per heavy atom. The lowest BCUT2D eigenvalue weighted by Gasteiger charge is -1.83. The average molecular weight is 185 g/mol. The first-order valence-electron chi connectivity index (χ1n) is 4.55. The number of rotatable bonds is 2.